The average molecular weight is 171 g/mol. The first-order valence-electron chi connectivity index (χ1n) is 4.96. The van der Waals surface area contributed by atoms with Gasteiger partial charge in [0.25, 0.3) is 0 Å². The minimum absolute atomic E-state index is 0.352. The summed E-state index contributed by atoms with van der Waals surface area (Å²) < 4.78 is 5.34. The molecule has 1 aliphatic rings. The van der Waals surface area contributed by atoms with Crippen molar-refractivity contribution in [1.29, 1.82) is 0 Å². The molecule has 1 saturated heterocycles. The molecule has 0 aromatic carbocycles. The fourth-order valence-corrected chi connectivity index (χ4v) is 1.69. The van der Waals surface area contributed by atoms with Crippen LogP contribution in [0.5, 0.6) is 0 Å². The van der Waals surface area contributed by atoms with E-state index >= 15 is 0 Å². The molecule has 1 fully saturated rings. The molecule has 1 aliphatic heterocycles. The maximum atomic E-state index is 5.74. The van der Waals surface area contributed by atoms with Crippen LogP contribution in [0.4, 0.5) is 0 Å². The first-order chi connectivity index (χ1) is 5.62. The number of nitrogens with two attached hydrogens (primary N) is 1. The second-order valence-electron chi connectivity index (χ2n) is 4.44. The number of rotatable bonds is 3. The monoisotopic (exact) mass is 171 g/mol. The van der Waals surface area contributed by atoms with Crippen molar-refractivity contribution in [2.45, 2.75) is 45.6 Å². The molecule has 1 heterocycles. The van der Waals surface area contributed by atoms with Crippen molar-refractivity contribution in [2.24, 2.45) is 11.1 Å². The number of hydrogen-bond donors (Lipinski definition) is 1. The maximum Gasteiger partial charge on any atom is 0.0471 e. The fraction of sp³-hybridized carbons (Fsp3) is 1.00. The van der Waals surface area contributed by atoms with Crippen LogP contribution in [0.15, 0.2) is 0 Å². The van der Waals surface area contributed by atoms with Crippen molar-refractivity contribution in [1.82, 2.24) is 0 Å². The zero-order valence-corrected chi connectivity index (χ0v) is 8.31. The van der Waals surface area contributed by atoms with E-state index < -0.39 is 0 Å². The summed E-state index contributed by atoms with van der Waals surface area (Å²) in [6.45, 7) is 6.32. The molecule has 2 nitrogen and oxygen atoms in total. The Morgan fingerprint density at radius 2 is 2.00 bits per heavy atom. The molecule has 0 saturated carbocycles. The quantitative estimate of drug-likeness (QED) is 0.704. The van der Waals surface area contributed by atoms with Gasteiger partial charge in [-0.1, -0.05) is 6.92 Å². The highest BCUT2D eigenvalue weighted by Gasteiger charge is 2.26. The van der Waals surface area contributed by atoms with E-state index in [0.717, 1.165) is 19.6 Å². The molecule has 0 radical (unpaired) electrons. The van der Waals surface area contributed by atoms with Crippen LogP contribution in [0.2, 0.25) is 0 Å². The van der Waals surface area contributed by atoms with Gasteiger partial charge in [0.2, 0.25) is 0 Å². The Morgan fingerprint density at radius 3 is 2.50 bits per heavy atom. The van der Waals surface area contributed by atoms with Crippen molar-refractivity contribution in [3.63, 3.8) is 0 Å². The predicted octanol–water partition coefficient (Wildman–Crippen LogP) is 1.93. The van der Waals surface area contributed by atoms with Crippen molar-refractivity contribution in [2.75, 3.05) is 13.2 Å². The van der Waals surface area contributed by atoms with Crippen LogP contribution in [0.3, 0.4) is 0 Å². The van der Waals surface area contributed by atoms with Gasteiger partial charge in [-0.15, -0.1) is 0 Å². The van der Waals surface area contributed by atoms with Gasteiger partial charge in [0, 0.05) is 19.3 Å². The Morgan fingerprint density at radius 1 is 1.42 bits per heavy atom. The molecule has 72 valence electrons. The Labute approximate surface area is 75.5 Å². The molecular formula is C10H21NO. The number of hydrogen-bond acceptors (Lipinski definition) is 2. The highest BCUT2D eigenvalue weighted by molar-refractivity contribution is 4.78. The molecule has 12 heavy (non-hydrogen) atoms. The zero-order chi connectivity index (χ0) is 9.03. The second kappa shape index (κ2) is 4.24. The van der Waals surface area contributed by atoms with E-state index in [0.29, 0.717) is 11.5 Å². The van der Waals surface area contributed by atoms with E-state index in [4.69, 9.17) is 10.5 Å². The Bertz CT molecular complexity index is 128. The smallest absolute Gasteiger partial charge is 0.0471 e. The molecular weight excluding hydrogens is 150 g/mol. The van der Waals surface area contributed by atoms with E-state index in [-0.39, 0.29) is 0 Å². The summed E-state index contributed by atoms with van der Waals surface area (Å²) in [6, 6.07) is 0.352. The van der Waals surface area contributed by atoms with Crippen LogP contribution in [-0.2, 0) is 4.74 Å². The summed E-state index contributed by atoms with van der Waals surface area (Å²) >= 11 is 0. The molecule has 0 amide bonds. The summed E-state index contributed by atoms with van der Waals surface area (Å²) in [5.74, 6) is 0. The lowest BCUT2D eigenvalue weighted by molar-refractivity contribution is 0.0182. The van der Waals surface area contributed by atoms with Crippen LogP contribution >= 0.6 is 0 Å². The molecule has 1 atom stereocenters. The lowest BCUT2D eigenvalue weighted by Gasteiger charge is -2.34. The third-order valence-electron chi connectivity index (χ3n) is 2.90. The van der Waals surface area contributed by atoms with Crippen molar-refractivity contribution >= 4 is 0 Å². The molecule has 2 N–H and O–H groups in total. The summed E-state index contributed by atoms with van der Waals surface area (Å²) in [5.41, 5.74) is 6.24. The molecule has 0 aromatic rings. The topological polar surface area (TPSA) is 35.2 Å². The normalized spacial score (nSPS) is 25.2. The minimum Gasteiger partial charge on any atom is -0.381 e. The van der Waals surface area contributed by atoms with Gasteiger partial charge in [-0.2, -0.15) is 0 Å². The summed E-state index contributed by atoms with van der Waals surface area (Å²) in [5, 5.41) is 0. The van der Waals surface area contributed by atoms with E-state index in [2.05, 4.69) is 13.8 Å². The fourth-order valence-electron chi connectivity index (χ4n) is 1.69. The van der Waals surface area contributed by atoms with E-state index in [1.165, 1.54) is 19.3 Å². The van der Waals surface area contributed by atoms with Gasteiger partial charge in [0.1, 0.15) is 0 Å². The lowest BCUT2D eigenvalue weighted by atomic mass is 9.78. The third-order valence-corrected chi connectivity index (χ3v) is 2.90. The van der Waals surface area contributed by atoms with E-state index in [1.54, 1.807) is 0 Å². The van der Waals surface area contributed by atoms with Crippen LogP contribution in [-0.4, -0.2) is 19.3 Å². The lowest BCUT2D eigenvalue weighted by Crippen LogP contribution is -2.28. The molecule has 2 heteroatoms. The van der Waals surface area contributed by atoms with Crippen LogP contribution in [0, 0.1) is 5.41 Å². The highest BCUT2D eigenvalue weighted by Crippen LogP contribution is 2.34. The summed E-state index contributed by atoms with van der Waals surface area (Å²) in [6.07, 6.45) is 4.82. The van der Waals surface area contributed by atoms with Gasteiger partial charge in [0.05, 0.1) is 0 Å². The minimum atomic E-state index is 0.352. The Balaban J connectivity index is 2.26. The molecule has 0 spiro atoms. The third kappa shape index (κ3) is 3.11. The van der Waals surface area contributed by atoms with Gasteiger partial charge in [-0.05, 0) is 38.0 Å². The van der Waals surface area contributed by atoms with E-state index in [1.807, 2.05) is 0 Å². The van der Waals surface area contributed by atoms with Gasteiger partial charge in [-0.3, -0.25) is 0 Å². The summed E-state index contributed by atoms with van der Waals surface area (Å²) in [4.78, 5) is 0. The SMILES string of the molecule is C[C@H](N)CCC1(C)CCOCC1. The van der Waals surface area contributed by atoms with Gasteiger partial charge in [-0.25, -0.2) is 0 Å². The van der Waals surface area contributed by atoms with Crippen LogP contribution in [0.25, 0.3) is 0 Å². The van der Waals surface area contributed by atoms with Crippen LogP contribution in [0.1, 0.15) is 39.5 Å². The molecule has 0 aliphatic carbocycles. The largest absolute Gasteiger partial charge is 0.381 e. The van der Waals surface area contributed by atoms with Crippen molar-refractivity contribution in [3.8, 4) is 0 Å². The van der Waals surface area contributed by atoms with Gasteiger partial charge < -0.3 is 10.5 Å². The summed E-state index contributed by atoms with van der Waals surface area (Å²) in [7, 11) is 0. The predicted molar refractivity (Wildman–Crippen MR) is 51.0 cm³/mol. The van der Waals surface area contributed by atoms with Gasteiger partial charge >= 0.3 is 0 Å². The van der Waals surface area contributed by atoms with E-state index in [9.17, 15) is 0 Å². The van der Waals surface area contributed by atoms with Crippen molar-refractivity contribution in [3.05, 3.63) is 0 Å². The van der Waals surface area contributed by atoms with Crippen molar-refractivity contribution < 1.29 is 4.74 Å². The first kappa shape index (κ1) is 10.0. The Kier molecular flexibility index (Phi) is 3.53. The van der Waals surface area contributed by atoms with Gasteiger partial charge in [0.15, 0.2) is 0 Å². The maximum absolute atomic E-state index is 5.74. The second-order valence-corrected chi connectivity index (χ2v) is 4.44. The first-order valence-corrected chi connectivity index (χ1v) is 4.96. The zero-order valence-electron chi connectivity index (χ0n) is 8.31. The number of ether oxygens (including phenoxy) is 1. The molecule has 1 rings (SSSR count). The molecule has 0 unspecified atom stereocenters. The highest BCUT2D eigenvalue weighted by atomic mass is 16.5. The standard InChI is InChI=1S/C10H21NO/c1-9(11)3-4-10(2)5-7-12-8-6-10/h9H,3-8,11H2,1-2H3/t9-/m0/s1. The average Bonchev–Trinajstić information content (AvgIpc) is 2.03. The molecule has 0 bridgehead atoms. The molecule has 0 aromatic heterocycles. The van der Waals surface area contributed by atoms with Crippen LogP contribution < -0.4 is 5.73 Å². The Hall–Kier alpha value is -0.0800.